The number of hydrogen-bond acceptors (Lipinski definition) is 2. The zero-order valence-corrected chi connectivity index (χ0v) is 5.45. The molecule has 1 aliphatic carbocycles. The smallest absolute Gasteiger partial charge is 0.321 e. The van der Waals surface area contributed by atoms with Crippen molar-refractivity contribution < 1.29 is 9.90 Å². The molecule has 3 unspecified atom stereocenters. The van der Waals surface area contributed by atoms with Gasteiger partial charge >= 0.3 is 5.97 Å². The molecule has 0 saturated carbocycles. The Hall–Kier alpha value is -0.830. The van der Waals surface area contributed by atoms with E-state index in [1.165, 1.54) is 0 Å². The lowest BCUT2D eigenvalue weighted by Crippen LogP contribution is -2.36. The van der Waals surface area contributed by atoms with E-state index in [0.29, 0.717) is 5.92 Å². The Bertz CT molecular complexity index is 200. The van der Waals surface area contributed by atoms with Crippen LogP contribution in [0.1, 0.15) is 0 Å². The molecule has 3 heteroatoms. The van der Waals surface area contributed by atoms with Crippen LogP contribution in [0.3, 0.4) is 0 Å². The van der Waals surface area contributed by atoms with E-state index in [1.807, 2.05) is 6.08 Å². The number of hydrogen-bond donors (Lipinski definition) is 2. The number of carbonyl (C=O) groups is 1. The number of carboxylic acids is 1. The van der Waals surface area contributed by atoms with Crippen molar-refractivity contribution in [2.75, 3.05) is 6.54 Å². The Kier molecular flexibility index (Phi) is 1.08. The molecule has 10 heavy (non-hydrogen) atoms. The monoisotopic (exact) mass is 139 g/mol. The first-order valence-corrected chi connectivity index (χ1v) is 3.43. The molecule has 3 atom stereocenters. The van der Waals surface area contributed by atoms with Gasteiger partial charge in [-0.2, -0.15) is 0 Å². The predicted octanol–water partition coefficient (Wildman–Crippen LogP) is -0.155. The molecule has 54 valence electrons. The molecule has 1 fully saturated rings. The highest BCUT2D eigenvalue weighted by atomic mass is 16.4. The van der Waals surface area contributed by atoms with Crippen molar-refractivity contribution >= 4 is 5.97 Å². The van der Waals surface area contributed by atoms with E-state index in [1.54, 1.807) is 0 Å². The van der Waals surface area contributed by atoms with Crippen LogP contribution in [0.2, 0.25) is 0 Å². The normalized spacial score (nSPS) is 42.6. The van der Waals surface area contributed by atoms with Crippen molar-refractivity contribution in [3.05, 3.63) is 12.2 Å². The molecular formula is C7H9NO2. The van der Waals surface area contributed by atoms with Gasteiger partial charge in [0.2, 0.25) is 0 Å². The van der Waals surface area contributed by atoms with E-state index in [-0.39, 0.29) is 12.0 Å². The van der Waals surface area contributed by atoms with Crippen molar-refractivity contribution in [3.63, 3.8) is 0 Å². The van der Waals surface area contributed by atoms with Gasteiger partial charge in [-0.25, -0.2) is 0 Å². The molecule has 1 aliphatic heterocycles. The molecule has 0 aromatic carbocycles. The van der Waals surface area contributed by atoms with Gasteiger partial charge in [0.1, 0.15) is 6.04 Å². The lowest BCUT2D eigenvalue weighted by molar-refractivity contribution is -0.139. The van der Waals surface area contributed by atoms with Crippen molar-refractivity contribution in [3.8, 4) is 0 Å². The largest absolute Gasteiger partial charge is 0.480 e. The van der Waals surface area contributed by atoms with Gasteiger partial charge in [-0.1, -0.05) is 12.2 Å². The van der Waals surface area contributed by atoms with Gasteiger partial charge in [-0.05, 0) is 5.92 Å². The molecule has 1 heterocycles. The maximum absolute atomic E-state index is 10.5. The minimum Gasteiger partial charge on any atom is -0.480 e. The summed E-state index contributed by atoms with van der Waals surface area (Å²) in [4.78, 5) is 10.5. The van der Waals surface area contributed by atoms with Crippen molar-refractivity contribution in [1.82, 2.24) is 5.32 Å². The highest BCUT2D eigenvalue weighted by molar-refractivity contribution is 5.75. The first kappa shape index (κ1) is 5.92. The SMILES string of the molecule is O=C(O)C1NCC2C=CC21. The molecule has 0 bridgehead atoms. The number of aliphatic carboxylic acids is 1. The van der Waals surface area contributed by atoms with Crippen LogP contribution < -0.4 is 5.32 Å². The van der Waals surface area contributed by atoms with Gasteiger partial charge in [0.15, 0.2) is 0 Å². The summed E-state index contributed by atoms with van der Waals surface area (Å²) in [6.07, 6.45) is 4.05. The second-order valence-electron chi connectivity index (χ2n) is 2.85. The van der Waals surface area contributed by atoms with Crippen LogP contribution in [0.4, 0.5) is 0 Å². The highest BCUT2D eigenvalue weighted by Crippen LogP contribution is 2.32. The van der Waals surface area contributed by atoms with E-state index in [2.05, 4.69) is 11.4 Å². The summed E-state index contributed by atoms with van der Waals surface area (Å²) in [6.45, 7) is 0.831. The third-order valence-corrected chi connectivity index (χ3v) is 2.30. The fourth-order valence-corrected chi connectivity index (χ4v) is 1.61. The summed E-state index contributed by atoms with van der Waals surface area (Å²) in [5, 5.41) is 11.6. The maximum atomic E-state index is 10.5. The minimum atomic E-state index is -0.725. The van der Waals surface area contributed by atoms with Gasteiger partial charge in [0, 0.05) is 12.5 Å². The van der Waals surface area contributed by atoms with Gasteiger partial charge in [0.25, 0.3) is 0 Å². The Labute approximate surface area is 58.7 Å². The average molecular weight is 139 g/mol. The summed E-state index contributed by atoms with van der Waals surface area (Å²) in [6, 6.07) is -0.324. The van der Waals surface area contributed by atoms with Crippen LogP contribution in [-0.2, 0) is 4.79 Å². The standard InChI is InChI=1S/C7H9NO2/c9-7(10)6-5-2-1-4(5)3-8-6/h1-2,4-6,8H,3H2,(H,9,10). The van der Waals surface area contributed by atoms with E-state index in [4.69, 9.17) is 5.11 Å². The van der Waals surface area contributed by atoms with Crippen LogP contribution in [0.5, 0.6) is 0 Å². The molecule has 0 radical (unpaired) electrons. The fourth-order valence-electron chi connectivity index (χ4n) is 1.61. The number of carboxylic acid groups (broad SMARTS) is 1. The second kappa shape index (κ2) is 1.83. The maximum Gasteiger partial charge on any atom is 0.321 e. The van der Waals surface area contributed by atoms with E-state index in [9.17, 15) is 4.79 Å². The molecule has 0 spiro atoms. The first-order chi connectivity index (χ1) is 4.79. The molecular weight excluding hydrogens is 130 g/mol. The van der Waals surface area contributed by atoms with Crippen LogP contribution in [-0.4, -0.2) is 23.7 Å². The third kappa shape index (κ3) is 0.609. The van der Waals surface area contributed by atoms with E-state index >= 15 is 0 Å². The van der Waals surface area contributed by atoms with Gasteiger partial charge < -0.3 is 10.4 Å². The lowest BCUT2D eigenvalue weighted by atomic mass is 9.81. The van der Waals surface area contributed by atoms with Gasteiger partial charge in [-0.3, -0.25) is 4.79 Å². The lowest BCUT2D eigenvalue weighted by Gasteiger charge is -2.22. The molecule has 2 rings (SSSR count). The van der Waals surface area contributed by atoms with Crippen LogP contribution in [0.25, 0.3) is 0 Å². The van der Waals surface area contributed by atoms with Crippen molar-refractivity contribution in [2.45, 2.75) is 6.04 Å². The molecule has 0 aromatic heterocycles. The van der Waals surface area contributed by atoms with Gasteiger partial charge in [0.05, 0.1) is 0 Å². The van der Waals surface area contributed by atoms with Crippen LogP contribution in [0.15, 0.2) is 12.2 Å². The quantitative estimate of drug-likeness (QED) is 0.496. The number of fused-ring (bicyclic) bond motifs is 1. The van der Waals surface area contributed by atoms with Crippen LogP contribution in [0, 0.1) is 11.8 Å². The predicted molar refractivity (Wildman–Crippen MR) is 35.5 cm³/mol. The Morgan fingerprint density at radius 1 is 1.60 bits per heavy atom. The van der Waals surface area contributed by atoms with Gasteiger partial charge in [-0.15, -0.1) is 0 Å². The molecule has 2 N–H and O–H groups in total. The van der Waals surface area contributed by atoms with Crippen molar-refractivity contribution in [1.29, 1.82) is 0 Å². The van der Waals surface area contributed by atoms with E-state index in [0.717, 1.165) is 6.54 Å². The van der Waals surface area contributed by atoms with Crippen molar-refractivity contribution in [2.24, 2.45) is 11.8 Å². The van der Waals surface area contributed by atoms with Crippen LogP contribution >= 0.6 is 0 Å². The summed E-state index contributed by atoms with van der Waals surface area (Å²) >= 11 is 0. The Morgan fingerprint density at radius 3 is 2.70 bits per heavy atom. The second-order valence-corrected chi connectivity index (χ2v) is 2.85. The zero-order valence-electron chi connectivity index (χ0n) is 5.45. The zero-order chi connectivity index (χ0) is 7.14. The summed E-state index contributed by atoms with van der Waals surface area (Å²) < 4.78 is 0. The highest BCUT2D eigenvalue weighted by Gasteiger charge is 2.41. The minimum absolute atomic E-state index is 0.262. The summed E-state index contributed by atoms with van der Waals surface area (Å²) in [5.74, 6) is 0.0236. The number of rotatable bonds is 1. The average Bonchev–Trinajstić information content (AvgIpc) is 2.07. The molecule has 1 saturated heterocycles. The fraction of sp³-hybridized carbons (Fsp3) is 0.571. The molecule has 0 aromatic rings. The topological polar surface area (TPSA) is 49.3 Å². The molecule has 2 aliphatic rings. The Morgan fingerprint density at radius 2 is 2.40 bits per heavy atom. The Balaban J connectivity index is 2.13. The van der Waals surface area contributed by atoms with E-state index < -0.39 is 5.97 Å². The summed E-state index contributed by atoms with van der Waals surface area (Å²) in [7, 11) is 0. The molecule has 3 nitrogen and oxygen atoms in total. The first-order valence-electron chi connectivity index (χ1n) is 3.43. The number of nitrogens with one attached hydrogen (secondary N) is 1. The molecule has 0 amide bonds. The summed E-state index contributed by atoms with van der Waals surface area (Å²) in [5.41, 5.74) is 0. The third-order valence-electron chi connectivity index (χ3n) is 2.30.